The van der Waals surface area contributed by atoms with E-state index in [1.165, 1.54) is 173 Å². The average Bonchev–Trinajstić information content (AvgIpc) is 1.03. The minimum atomic E-state index is -4.97. The van der Waals surface area contributed by atoms with Crippen molar-refractivity contribution in [2.45, 2.75) is 394 Å². The van der Waals surface area contributed by atoms with Crippen LogP contribution in [-0.4, -0.2) is 96.7 Å². The molecule has 0 rings (SSSR count). The maximum Gasteiger partial charge on any atom is 0.472 e. The SMILES string of the molecule is CCCCCC/C=C\C=C/CCCCCCCC(=O)O[C@H](COC(=O)CCCCCCCCCCCCCCCCCCCCC(C)CC)COP(=O)(O)OCC(O)COP(=O)(O)OC[C@@H](COC(=O)CCCCCCCCCCC(C)C)OC(=O)CCCCCCCCC(C)C. The van der Waals surface area contributed by atoms with Crippen molar-refractivity contribution in [1.29, 1.82) is 0 Å². The van der Waals surface area contributed by atoms with Gasteiger partial charge in [-0.05, 0) is 69.1 Å². The molecular weight excluding hydrogens is 1270 g/mol. The van der Waals surface area contributed by atoms with Crippen molar-refractivity contribution in [1.82, 2.24) is 0 Å². The zero-order chi connectivity index (χ0) is 71.6. The first kappa shape index (κ1) is 94.5. The molecule has 17 nitrogen and oxygen atoms in total. The van der Waals surface area contributed by atoms with Crippen molar-refractivity contribution in [2.24, 2.45) is 17.8 Å². The highest BCUT2D eigenvalue weighted by Gasteiger charge is 2.30. The van der Waals surface area contributed by atoms with Crippen molar-refractivity contribution in [3.8, 4) is 0 Å². The molecule has 3 N–H and O–H groups in total. The van der Waals surface area contributed by atoms with Gasteiger partial charge in [-0.25, -0.2) is 9.13 Å². The van der Waals surface area contributed by atoms with Gasteiger partial charge in [0.25, 0.3) is 0 Å². The molecular formula is C78H148O17P2. The van der Waals surface area contributed by atoms with Gasteiger partial charge in [0.15, 0.2) is 12.2 Å². The quantitative estimate of drug-likeness (QED) is 0.0169. The highest BCUT2D eigenvalue weighted by molar-refractivity contribution is 7.47. The summed E-state index contributed by atoms with van der Waals surface area (Å²) >= 11 is 0. The van der Waals surface area contributed by atoms with E-state index in [2.05, 4.69) is 72.8 Å². The molecule has 97 heavy (non-hydrogen) atoms. The number of carbonyl (C=O) groups is 4. The number of esters is 4. The smallest absolute Gasteiger partial charge is 0.462 e. The molecule has 0 aromatic rings. The lowest BCUT2D eigenvalue weighted by molar-refractivity contribution is -0.161. The second kappa shape index (κ2) is 68.0. The predicted octanol–water partition coefficient (Wildman–Crippen LogP) is 22.5. The van der Waals surface area contributed by atoms with Crippen LogP contribution >= 0.6 is 15.6 Å². The van der Waals surface area contributed by atoms with Gasteiger partial charge in [-0.15, -0.1) is 0 Å². The molecule has 4 unspecified atom stereocenters. The Balaban J connectivity index is 5.20. The number of aliphatic hydroxyl groups excluding tert-OH is 1. The minimum Gasteiger partial charge on any atom is -0.462 e. The molecule has 0 amide bonds. The minimum absolute atomic E-state index is 0.0850. The Morgan fingerprint density at radius 3 is 0.918 bits per heavy atom. The van der Waals surface area contributed by atoms with Gasteiger partial charge in [-0.3, -0.25) is 37.3 Å². The van der Waals surface area contributed by atoms with E-state index in [0.717, 1.165) is 115 Å². The third-order valence-electron chi connectivity index (χ3n) is 17.9. The number of rotatable bonds is 74. The van der Waals surface area contributed by atoms with E-state index in [4.69, 9.17) is 37.0 Å². The van der Waals surface area contributed by atoms with Crippen LogP contribution in [0.15, 0.2) is 24.3 Å². The van der Waals surface area contributed by atoms with Crippen LogP contribution in [0.1, 0.15) is 376 Å². The lowest BCUT2D eigenvalue weighted by Crippen LogP contribution is -2.30. The molecule has 0 aliphatic rings. The summed E-state index contributed by atoms with van der Waals surface area (Å²) in [6.45, 7) is 11.8. The van der Waals surface area contributed by atoms with Crippen LogP contribution in [0.3, 0.4) is 0 Å². The Hall–Kier alpha value is -2.46. The summed E-state index contributed by atoms with van der Waals surface area (Å²) in [7, 11) is -9.92. The number of phosphoric acid groups is 2. The Labute approximate surface area is 592 Å². The largest absolute Gasteiger partial charge is 0.472 e. The van der Waals surface area contributed by atoms with E-state index in [1.54, 1.807) is 0 Å². The average molecular weight is 1420 g/mol. The molecule has 0 spiro atoms. The van der Waals surface area contributed by atoms with Crippen molar-refractivity contribution < 1.29 is 80.2 Å². The molecule has 0 aliphatic heterocycles. The van der Waals surface area contributed by atoms with Gasteiger partial charge in [-0.1, -0.05) is 323 Å². The summed E-state index contributed by atoms with van der Waals surface area (Å²) in [5, 5.41) is 10.6. The van der Waals surface area contributed by atoms with E-state index >= 15 is 0 Å². The lowest BCUT2D eigenvalue weighted by Gasteiger charge is -2.21. The molecule has 6 atom stereocenters. The molecule has 0 fully saturated rings. The van der Waals surface area contributed by atoms with Crippen molar-refractivity contribution in [3.63, 3.8) is 0 Å². The third kappa shape index (κ3) is 70.4. The first-order valence-corrected chi connectivity index (χ1v) is 42.7. The highest BCUT2D eigenvalue weighted by atomic mass is 31.2. The van der Waals surface area contributed by atoms with Crippen molar-refractivity contribution >= 4 is 39.5 Å². The Morgan fingerprint density at radius 1 is 0.340 bits per heavy atom. The Bertz CT molecular complexity index is 1980. The monoisotopic (exact) mass is 1420 g/mol. The molecule has 0 heterocycles. The molecule has 0 radical (unpaired) electrons. The van der Waals surface area contributed by atoms with Crippen LogP contribution in [-0.2, 0) is 65.4 Å². The van der Waals surface area contributed by atoms with Crippen LogP contribution in [0.25, 0.3) is 0 Å². The summed E-state index contributed by atoms with van der Waals surface area (Å²) in [5.74, 6) is 0.112. The van der Waals surface area contributed by atoms with Crippen molar-refractivity contribution in [2.75, 3.05) is 39.6 Å². The zero-order valence-electron chi connectivity index (χ0n) is 63.0. The number of hydrogen-bond acceptors (Lipinski definition) is 15. The number of aliphatic hydroxyl groups is 1. The lowest BCUT2D eigenvalue weighted by atomic mass is 9.99. The van der Waals surface area contributed by atoms with E-state index in [9.17, 15) is 43.2 Å². The number of phosphoric ester groups is 2. The highest BCUT2D eigenvalue weighted by Crippen LogP contribution is 2.45. The molecule has 572 valence electrons. The second-order valence-corrected chi connectivity index (χ2v) is 31.5. The van der Waals surface area contributed by atoms with Gasteiger partial charge in [0, 0.05) is 25.7 Å². The van der Waals surface area contributed by atoms with E-state index in [1.807, 2.05) is 0 Å². The number of hydrogen-bond donors (Lipinski definition) is 3. The number of unbranched alkanes of at least 4 members (excludes halogenated alkanes) is 38. The molecule has 19 heteroatoms. The fourth-order valence-corrected chi connectivity index (χ4v) is 13.0. The van der Waals surface area contributed by atoms with Gasteiger partial charge in [0.05, 0.1) is 26.4 Å². The number of carbonyl (C=O) groups excluding carboxylic acids is 4. The summed E-state index contributed by atoms with van der Waals surface area (Å²) in [4.78, 5) is 72.7. The number of allylic oxidation sites excluding steroid dienone is 4. The first-order valence-electron chi connectivity index (χ1n) is 39.7. The number of ether oxygens (including phenoxy) is 4. The Kier molecular flexibility index (Phi) is 66.3. The topological polar surface area (TPSA) is 237 Å². The van der Waals surface area contributed by atoms with Gasteiger partial charge < -0.3 is 33.8 Å². The first-order chi connectivity index (χ1) is 46.8. The van der Waals surface area contributed by atoms with Gasteiger partial charge in [0.1, 0.15) is 19.3 Å². The van der Waals surface area contributed by atoms with Crippen LogP contribution in [0.2, 0.25) is 0 Å². The maximum absolute atomic E-state index is 13.1. The predicted molar refractivity (Wildman–Crippen MR) is 395 cm³/mol. The second-order valence-electron chi connectivity index (χ2n) is 28.6. The van der Waals surface area contributed by atoms with E-state index in [0.29, 0.717) is 31.6 Å². The summed E-state index contributed by atoms with van der Waals surface area (Å²) in [6.07, 6.45) is 58.1. The summed E-state index contributed by atoms with van der Waals surface area (Å²) < 4.78 is 68.4. The Morgan fingerprint density at radius 2 is 0.608 bits per heavy atom. The normalized spacial score (nSPS) is 14.5. The van der Waals surface area contributed by atoms with E-state index < -0.39 is 97.5 Å². The molecule has 0 aromatic carbocycles. The fourth-order valence-electron chi connectivity index (χ4n) is 11.4. The molecule has 0 bridgehead atoms. The summed E-state index contributed by atoms with van der Waals surface area (Å²) in [6, 6.07) is 0. The molecule has 0 aliphatic carbocycles. The van der Waals surface area contributed by atoms with Crippen LogP contribution in [0, 0.1) is 17.8 Å². The summed E-state index contributed by atoms with van der Waals surface area (Å²) in [5.41, 5.74) is 0. The maximum atomic E-state index is 13.1. The molecule has 0 saturated heterocycles. The third-order valence-corrected chi connectivity index (χ3v) is 19.8. The van der Waals surface area contributed by atoms with Crippen LogP contribution < -0.4 is 0 Å². The van der Waals surface area contributed by atoms with Crippen molar-refractivity contribution in [3.05, 3.63) is 24.3 Å². The van der Waals surface area contributed by atoms with E-state index in [-0.39, 0.29) is 25.7 Å². The van der Waals surface area contributed by atoms with Gasteiger partial charge >= 0.3 is 39.5 Å². The molecule has 0 saturated carbocycles. The van der Waals surface area contributed by atoms with Gasteiger partial charge in [-0.2, -0.15) is 0 Å². The van der Waals surface area contributed by atoms with Crippen LogP contribution in [0.4, 0.5) is 0 Å². The van der Waals surface area contributed by atoms with Crippen LogP contribution in [0.5, 0.6) is 0 Å². The zero-order valence-corrected chi connectivity index (χ0v) is 64.8. The standard InChI is InChI=1S/C78H148O17P2/c1-8-10-11-12-13-14-15-16-21-26-29-32-39-47-54-61-77(82)94-73(65-88-75(80)59-52-45-37-31-28-25-23-20-18-17-19-22-24-27-30-36-44-51-58-71(7)9-2)67-92-96(84,85)90-63-72(79)64-91-97(86,87)93-68-74(95-78(83)62-55-48-41-40-43-50-57-70(5)6)66-89-76(81)60-53-46-38-34-33-35-42-49-56-69(3)4/h14-16,21,69-74,79H,8-13,17-20,22-68H2,1-7H3,(H,84,85)(H,86,87)/b15-14-,21-16-/t71?,72?,73-,74-/m1/s1. The van der Waals surface area contributed by atoms with Gasteiger partial charge in [0.2, 0.25) is 0 Å². The molecule has 0 aromatic heterocycles. The fraction of sp³-hybridized carbons (Fsp3) is 0.897.